The third-order valence-electron chi connectivity index (χ3n) is 6.69. The highest BCUT2D eigenvalue weighted by molar-refractivity contribution is 8.00. The minimum absolute atomic E-state index is 0.0552. The number of benzene rings is 1. The van der Waals surface area contributed by atoms with Gasteiger partial charge in [-0.15, -0.1) is 11.8 Å². The van der Waals surface area contributed by atoms with Crippen molar-refractivity contribution in [3.05, 3.63) is 53.1 Å². The van der Waals surface area contributed by atoms with E-state index in [-0.39, 0.29) is 17.1 Å². The molecule has 2 atom stereocenters. The minimum Gasteiger partial charge on any atom is -0.449 e. The lowest BCUT2D eigenvalue weighted by molar-refractivity contribution is -0.129. The first kappa shape index (κ1) is 28.0. The van der Waals surface area contributed by atoms with Crippen LogP contribution in [0.4, 0.5) is 0 Å². The Labute approximate surface area is 219 Å². The Balaban J connectivity index is 1.46. The van der Waals surface area contributed by atoms with Crippen molar-refractivity contribution >= 4 is 29.5 Å². The van der Waals surface area contributed by atoms with Crippen molar-refractivity contribution < 1.29 is 19.1 Å². The molecular weight excluding hydrogens is 472 g/mol. The summed E-state index contributed by atoms with van der Waals surface area (Å²) in [5, 5.41) is 5.52. The summed E-state index contributed by atoms with van der Waals surface area (Å²) in [5.41, 5.74) is 3.18. The van der Waals surface area contributed by atoms with E-state index >= 15 is 0 Å². The van der Waals surface area contributed by atoms with Crippen molar-refractivity contribution in [2.75, 3.05) is 13.1 Å². The summed E-state index contributed by atoms with van der Waals surface area (Å²) in [7, 11) is 0. The fraction of sp³-hybridized carbons (Fsp3) is 0.552. The maximum absolute atomic E-state index is 12.9. The van der Waals surface area contributed by atoms with E-state index in [0.717, 1.165) is 38.5 Å². The lowest BCUT2D eigenvalue weighted by Gasteiger charge is -2.17. The Morgan fingerprint density at radius 2 is 1.44 bits per heavy atom. The van der Waals surface area contributed by atoms with Gasteiger partial charge in [-0.1, -0.05) is 35.4 Å². The molecule has 2 N–H and O–H groups in total. The Morgan fingerprint density at radius 1 is 0.861 bits per heavy atom. The number of hydrogen-bond donors (Lipinski definition) is 2. The zero-order valence-electron chi connectivity index (χ0n) is 21.6. The molecule has 36 heavy (non-hydrogen) atoms. The summed E-state index contributed by atoms with van der Waals surface area (Å²) in [5.74, 6) is -0.918. The van der Waals surface area contributed by atoms with Gasteiger partial charge in [-0.2, -0.15) is 0 Å². The van der Waals surface area contributed by atoms with Crippen LogP contribution < -0.4 is 10.6 Å². The average molecular weight is 513 g/mol. The molecule has 3 rings (SSSR count). The highest BCUT2D eigenvalue weighted by atomic mass is 32.2. The van der Waals surface area contributed by atoms with Gasteiger partial charge in [-0.25, -0.2) is 4.79 Å². The fourth-order valence-electron chi connectivity index (χ4n) is 4.50. The van der Waals surface area contributed by atoms with Crippen LogP contribution in [0.25, 0.3) is 0 Å². The van der Waals surface area contributed by atoms with Crippen LogP contribution in [0.5, 0.6) is 0 Å². The minimum atomic E-state index is -0.897. The molecule has 0 fully saturated rings. The number of carbonyl (C=O) groups excluding carboxylic acids is 3. The Bertz CT molecular complexity index is 972. The zero-order valence-corrected chi connectivity index (χ0v) is 22.5. The van der Waals surface area contributed by atoms with E-state index in [4.69, 9.17) is 4.74 Å². The fourth-order valence-corrected chi connectivity index (χ4v) is 5.51. The van der Waals surface area contributed by atoms with Gasteiger partial charge in [0.2, 0.25) is 5.91 Å². The number of amides is 2. The molecule has 1 aromatic rings. The van der Waals surface area contributed by atoms with Gasteiger partial charge >= 0.3 is 5.97 Å². The summed E-state index contributed by atoms with van der Waals surface area (Å²) in [4.78, 5) is 38.6. The lowest BCUT2D eigenvalue weighted by Crippen LogP contribution is -2.36. The molecule has 2 amide bonds. The van der Waals surface area contributed by atoms with E-state index in [1.54, 1.807) is 25.1 Å². The number of allylic oxidation sites excluding steroid dienone is 2. The smallest absolute Gasteiger partial charge is 0.340 e. The van der Waals surface area contributed by atoms with Crippen LogP contribution >= 0.6 is 11.8 Å². The second-order valence-electron chi connectivity index (χ2n) is 9.60. The summed E-state index contributed by atoms with van der Waals surface area (Å²) < 4.78 is 5.47. The largest absolute Gasteiger partial charge is 0.449 e. The molecule has 0 aromatic heterocycles. The van der Waals surface area contributed by atoms with Gasteiger partial charge in [-0.3, -0.25) is 9.59 Å². The van der Waals surface area contributed by atoms with Crippen LogP contribution in [0.15, 0.2) is 52.5 Å². The van der Waals surface area contributed by atoms with Crippen molar-refractivity contribution in [3.8, 4) is 0 Å². The monoisotopic (exact) mass is 512 g/mol. The Morgan fingerprint density at radius 3 is 2.03 bits per heavy atom. The van der Waals surface area contributed by atoms with Gasteiger partial charge in [0.1, 0.15) is 0 Å². The second-order valence-corrected chi connectivity index (χ2v) is 11.0. The van der Waals surface area contributed by atoms with Crippen LogP contribution in [0.3, 0.4) is 0 Å². The van der Waals surface area contributed by atoms with Crippen LogP contribution in [0, 0.1) is 0 Å². The second kappa shape index (κ2) is 14.9. The SMILES string of the molecule is CC(OC(=O)c1ccccc1SC(C)C(=O)NCCC1=CCCCC1)C(=O)NCCC1=CCCCC1. The maximum atomic E-state index is 12.9. The average Bonchev–Trinajstić information content (AvgIpc) is 2.90. The van der Waals surface area contributed by atoms with Crippen molar-refractivity contribution in [2.45, 2.75) is 94.3 Å². The topological polar surface area (TPSA) is 84.5 Å². The molecular formula is C29H40N2O4S. The molecule has 2 unspecified atom stereocenters. The number of rotatable bonds is 12. The molecule has 7 heteroatoms. The molecule has 0 saturated carbocycles. The van der Waals surface area contributed by atoms with Crippen LogP contribution in [0.2, 0.25) is 0 Å². The first-order valence-corrected chi connectivity index (χ1v) is 14.2. The summed E-state index contributed by atoms with van der Waals surface area (Å²) in [6, 6.07) is 7.06. The van der Waals surface area contributed by atoms with Crippen molar-refractivity contribution in [1.82, 2.24) is 10.6 Å². The number of esters is 1. The number of carbonyl (C=O) groups is 3. The van der Waals surface area contributed by atoms with E-state index in [9.17, 15) is 14.4 Å². The van der Waals surface area contributed by atoms with E-state index in [2.05, 4.69) is 22.8 Å². The lowest BCUT2D eigenvalue weighted by atomic mass is 9.97. The molecule has 6 nitrogen and oxygen atoms in total. The molecule has 0 spiro atoms. The van der Waals surface area contributed by atoms with Gasteiger partial charge < -0.3 is 15.4 Å². The number of hydrogen-bond acceptors (Lipinski definition) is 5. The maximum Gasteiger partial charge on any atom is 0.340 e. The van der Waals surface area contributed by atoms with Gasteiger partial charge in [0.15, 0.2) is 6.10 Å². The molecule has 2 aliphatic carbocycles. The quantitative estimate of drug-likeness (QED) is 0.212. The Kier molecular flexibility index (Phi) is 11.6. The van der Waals surface area contributed by atoms with E-state index < -0.39 is 12.1 Å². The predicted molar refractivity (Wildman–Crippen MR) is 145 cm³/mol. The number of thioether (sulfide) groups is 1. The molecule has 0 heterocycles. The molecule has 0 saturated heterocycles. The number of nitrogens with one attached hydrogen (secondary N) is 2. The van der Waals surface area contributed by atoms with Crippen LogP contribution in [-0.4, -0.2) is 42.2 Å². The van der Waals surface area contributed by atoms with Gasteiger partial charge in [0.25, 0.3) is 5.91 Å². The molecule has 0 bridgehead atoms. The Hall–Kier alpha value is -2.54. The molecule has 2 aliphatic rings. The molecule has 1 aromatic carbocycles. The van der Waals surface area contributed by atoms with Crippen LogP contribution in [-0.2, 0) is 14.3 Å². The zero-order chi connectivity index (χ0) is 25.8. The van der Waals surface area contributed by atoms with Crippen LogP contribution in [0.1, 0.15) is 88.4 Å². The van der Waals surface area contributed by atoms with E-state index in [1.807, 2.05) is 13.0 Å². The molecule has 0 aliphatic heterocycles. The normalized spacial score (nSPS) is 17.3. The van der Waals surface area contributed by atoms with Crippen molar-refractivity contribution in [3.63, 3.8) is 0 Å². The first-order valence-electron chi connectivity index (χ1n) is 13.3. The standard InChI is InChI=1S/C29H40N2O4S/c1-21(27(32)30-19-17-23-11-5-3-6-12-23)35-29(34)25-15-9-10-16-26(25)36-22(2)28(33)31-20-18-24-13-7-4-8-14-24/h9-11,13,15-16,21-22H,3-8,12,14,17-20H2,1-2H3,(H,30,32)(H,31,33). The van der Waals surface area contributed by atoms with Crippen molar-refractivity contribution in [2.24, 2.45) is 0 Å². The van der Waals surface area contributed by atoms with Gasteiger partial charge in [-0.05, 0) is 90.2 Å². The highest BCUT2D eigenvalue weighted by Crippen LogP contribution is 2.28. The first-order chi connectivity index (χ1) is 17.4. The van der Waals surface area contributed by atoms with Gasteiger partial charge in [0.05, 0.1) is 10.8 Å². The summed E-state index contributed by atoms with van der Waals surface area (Å²) >= 11 is 1.32. The van der Waals surface area contributed by atoms with E-state index in [0.29, 0.717) is 23.5 Å². The van der Waals surface area contributed by atoms with Gasteiger partial charge in [0, 0.05) is 18.0 Å². The number of ether oxygens (including phenoxy) is 1. The third-order valence-corrected chi connectivity index (χ3v) is 7.87. The van der Waals surface area contributed by atoms with Crippen molar-refractivity contribution in [1.29, 1.82) is 0 Å². The summed E-state index contributed by atoms with van der Waals surface area (Å²) in [6.45, 7) is 4.59. The molecule has 0 radical (unpaired) electrons. The highest BCUT2D eigenvalue weighted by Gasteiger charge is 2.23. The summed E-state index contributed by atoms with van der Waals surface area (Å²) in [6.07, 6.45) is 14.8. The molecule has 196 valence electrons. The predicted octanol–water partition coefficient (Wildman–Crippen LogP) is 5.73. The van der Waals surface area contributed by atoms with E-state index in [1.165, 1.54) is 48.6 Å². The third kappa shape index (κ3) is 9.16.